The number of nitrogen functional groups attached to an aromatic ring is 1. The monoisotopic (exact) mass is 266 g/mol. The van der Waals surface area contributed by atoms with Crippen molar-refractivity contribution in [3.05, 3.63) is 17.2 Å². The Labute approximate surface area is 88.4 Å². The number of alkyl halides is 3. The number of aromatic nitrogens is 1. The molecule has 1 heterocycles. The highest BCUT2D eigenvalue weighted by Crippen LogP contribution is 2.31. The molecule has 0 atom stereocenters. The fourth-order valence-electron chi connectivity index (χ4n) is 1.08. The molecule has 0 saturated carbocycles. The molecule has 78 valence electrons. The van der Waals surface area contributed by atoms with E-state index in [1.807, 2.05) is 0 Å². The van der Waals surface area contributed by atoms with Crippen molar-refractivity contribution in [3.8, 4) is 5.88 Å². The third kappa shape index (κ3) is 2.12. The summed E-state index contributed by atoms with van der Waals surface area (Å²) in [6.45, 7) is 0. The lowest BCUT2D eigenvalue weighted by Crippen LogP contribution is -2.03. The van der Waals surface area contributed by atoms with Crippen LogP contribution in [0.15, 0.2) is 6.07 Å². The van der Waals surface area contributed by atoms with Gasteiger partial charge in [0.2, 0.25) is 5.88 Å². The maximum atomic E-state index is 12.6. The zero-order valence-electron chi connectivity index (χ0n) is 7.43. The van der Waals surface area contributed by atoms with Gasteiger partial charge >= 0.3 is 0 Å². The fraction of sp³-hybridized carbons (Fsp3) is 0.375. The Morgan fingerprint density at radius 3 is 2.71 bits per heavy atom. The SMILES string of the molecule is COc1nc(N)cc(C(F)F)c1CBr. The number of hydrogen-bond acceptors (Lipinski definition) is 3. The van der Waals surface area contributed by atoms with E-state index in [4.69, 9.17) is 10.5 Å². The number of nitrogens with zero attached hydrogens (tertiary/aromatic N) is 1. The molecule has 1 rings (SSSR count). The first-order valence-electron chi connectivity index (χ1n) is 3.77. The third-order valence-electron chi connectivity index (χ3n) is 1.70. The number of rotatable bonds is 3. The summed E-state index contributed by atoms with van der Waals surface area (Å²) in [6, 6.07) is 1.16. The lowest BCUT2D eigenvalue weighted by atomic mass is 10.1. The maximum absolute atomic E-state index is 12.6. The predicted octanol–water partition coefficient (Wildman–Crippen LogP) is 2.50. The van der Waals surface area contributed by atoms with Crippen molar-refractivity contribution >= 4 is 21.7 Å². The van der Waals surface area contributed by atoms with Crippen LogP contribution in [0.2, 0.25) is 0 Å². The van der Waals surface area contributed by atoms with E-state index in [1.165, 1.54) is 7.11 Å². The first-order chi connectivity index (χ1) is 6.60. The Balaban J connectivity index is 3.31. The number of nitrogens with two attached hydrogens (primary N) is 1. The van der Waals surface area contributed by atoms with Crippen LogP contribution >= 0.6 is 15.9 Å². The lowest BCUT2D eigenvalue weighted by Gasteiger charge is -2.11. The zero-order valence-corrected chi connectivity index (χ0v) is 9.01. The predicted molar refractivity (Wildman–Crippen MR) is 52.8 cm³/mol. The van der Waals surface area contributed by atoms with E-state index in [-0.39, 0.29) is 22.6 Å². The quantitative estimate of drug-likeness (QED) is 0.856. The van der Waals surface area contributed by atoms with Gasteiger partial charge in [0.25, 0.3) is 6.43 Å². The normalized spacial score (nSPS) is 10.6. The summed E-state index contributed by atoms with van der Waals surface area (Å²) in [5.41, 5.74) is 5.54. The van der Waals surface area contributed by atoms with Crippen molar-refractivity contribution in [2.75, 3.05) is 12.8 Å². The van der Waals surface area contributed by atoms with Crippen molar-refractivity contribution < 1.29 is 13.5 Å². The molecule has 0 fully saturated rings. The van der Waals surface area contributed by atoms with Crippen LogP contribution in [0.4, 0.5) is 14.6 Å². The smallest absolute Gasteiger partial charge is 0.264 e. The van der Waals surface area contributed by atoms with Crippen molar-refractivity contribution in [1.29, 1.82) is 0 Å². The second-order valence-corrected chi connectivity index (χ2v) is 3.12. The molecule has 2 N–H and O–H groups in total. The molecule has 3 nitrogen and oxygen atoms in total. The standard InChI is InChI=1S/C8H9BrF2N2O/c1-14-8-5(3-9)4(7(10)11)2-6(12)13-8/h2,7H,3H2,1H3,(H2,12,13). The molecule has 0 aromatic carbocycles. The van der Waals surface area contributed by atoms with Crippen LogP contribution in [0, 0.1) is 0 Å². The van der Waals surface area contributed by atoms with Gasteiger partial charge in [0.05, 0.1) is 7.11 Å². The van der Waals surface area contributed by atoms with E-state index >= 15 is 0 Å². The third-order valence-corrected chi connectivity index (χ3v) is 2.26. The minimum Gasteiger partial charge on any atom is -0.481 e. The summed E-state index contributed by atoms with van der Waals surface area (Å²) in [5, 5.41) is 0.253. The minimum atomic E-state index is -2.58. The number of pyridine rings is 1. The minimum absolute atomic E-state index is 0.0295. The Kier molecular flexibility index (Phi) is 3.62. The van der Waals surface area contributed by atoms with E-state index < -0.39 is 6.43 Å². The molecule has 0 saturated heterocycles. The van der Waals surface area contributed by atoms with Crippen LogP contribution in [0.5, 0.6) is 5.88 Å². The summed E-state index contributed by atoms with van der Waals surface area (Å²) < 4.78 is 30.0. The molecule has 0 radical (unpaired) electrons. The largest absolute Gasteiger partial charge is 0.481 e. The van der Waals surface area contributed by atoms with E-state index in [1.54, 1.807) is 0 Å². The molecule has 0 unspecified atom stereocenters. The number of ether oxygens (including phenoxy) is 1. The Morgan fingerprint density at radius 2 is 2.29 bits per heavy atom. The molecule has 0 aliphatic carbocycles. The van der Waals surface area contributed by atoms with Crippen LogP contribution in [0.3, 0.4) is 0 Å². The lowest BCUT2D eigenvalue weighted by molar-refractivity contribution is 0.150. The zero-order chi connectivity index (χ0) is 10.7. The van der Waals surface area contributed by atoms with E-state index in [9.17, 15) is 8.78 Å². The highest BCUT2D eigenvalue weighted by molar-refractivity contribution is 9.08. The van der Waals surface area contributed by atoms with Gasteiger partial charge in [0.15, 0.2) is 0 Å². The Hall–Kier alpha value is -0.910. The first kappa shape index (κ1) is 11.2. The molecule has 1 aromatic rings. The van der Waals surface area contributed by atoms with Crippen LogP contribution in [0.25, 0.3) is 0 Å². The van der Waals surface area contributed by atoms with E-state index in [2.05, 4.69) is 20.9 Å². The summed E-state index contributed by atoms with van der Waals surface area (Å²) in [6.07, 6.45) is -2.58. The van der Waals surface area contributed by atoms with Gasteiger partial charge in [-0.05, 0) is 6.07 Å². The summed E-state index contributed by atoms with van der Waals surface area (Å²) in [5.74, 6) is 0.166. The van der Waals surface area contributed by atoms with Gasteiger partial charge in [-0.3, -0.25) is 0 Å². The summed E-state index contributed by atoms with van der Waals surface area (Å²) >= 11 is 3.10. The fourth-order valence-corrected chi connectivity index (χ4v) is 1.65. The Morgan fingerprint density at radius 1 is 1.64 bits per heavy atom. The van der Waals surface area contributed by atoms with Gasteiger partial charge in [-0.2, -0.15) is 4.98 Å². The van der Waals surface area contributed by atoms with E-state index in [0.29, 0.717) is 5.56 Å². The van der Waals surface area contributed by atoms with Gasteiger partial charge in [0, 0.05) is 16.5 Å². The molecule has 0 spiro atoms. The molecule has 14 heavy (non-hydrogen) atoms. The van der Waals surface area contributed by atoms with Crippen LogP contribution < -0.4 is 10.5 Å². The summed E-state index contributed by atoms with van der Waals surface area (Å²) in [7, 11) is 1.36. The average molecular weight is 267 g/mol. The molecule has 1 aromatic heterocycles. The van der Waals surface area contributed by atoms with Crippen molar-refractivity contribution in [2.45, 2.75) is 11.8 Å². The molecule has 0 aliphatic rings. The molecule has 0 aliphatic heterocycles. The number of hydrogen-bond donors (Lipinski definition) is 1. The maximum Gasteiger partial charge on any atom is 0.264 e. The molecule has 6 heteroatoms. The second kappa shape index (κ2) is 4.54. The van der Waals surface area contributed by atoms with Gasteiger partial charge in [-0.15, -0.1) is 0 Å². The van der Waals surface area contributed by atoms with Gasteiger partial charge in [-0.1, -0.05) is 15.9 Å². The van der Waals surface area contributed by atoms with Crippen LogP contribution in [-0.4, -0.2) is 12.1 Å². The van der Waals surface area contributed by atoms with E-state index in [0.717, 1.165) is 6.07 Å². The van der Waals surface area contributed by atoms with Crippen molar-refractivity contribution in [1.82, 2.24) is 4.98 Å². The van der Waals surface area contributed by atoms with Crippen molar-refractivity contribution in [2.24, 2.45) is 0 Å². The number of halogens is 3. The van der Waals surface area contributed by atoms with Gasteiger partial charge < -0.3 is 10.5 Å². The topological polar surface area (TPSA) is 48.1 Å². The first-order valence-corrected chi connectivity index (χ1v) is 4.89. The van der Waals surface area contributed by atoms with Gasteiger partial charge in [0.1, 0.15) is 5.82 Å². The molecule has 0 bridgehead atoms. The van der Waals surface area contributed by atoms with Crippen LogP contribution in [-0.2, 0) is 5.33 Å². The number of methoxy groups -OCH3 is 1. The molecular formula is C8H9BrF2N2O. The summed E-state index contributed by atoms with van der Waals surface area (Å²) in [4.78, 5) is 3.80. The number of anilines is 1. The van der Waals surface area contributed by atoms with Gasteiger partial charge in [-0.25, -0.2) is 8.78 Å². The molecule has 0 amide bonds. The van der Waals surface area contributed by atoms with Crippen molar-refractivity contribution in [3.63, 3.8) is 0 Å². The highest BCUT2D eigenvalue weighted by Gasteiger charge is 2.18. The molecular weight excluding hydrogens is 258 g/mol. The Bertz CT molecular complexity index is 333. The van der Waals surface area contributed by atoms with Crippen LogP contribution in [0.1, 0.15) is 17.6 Å². The second-order valence-electron chi connectivity index (χ2n) is 2.56. The average Bonchev–Trinajstić information content (AvgIpc) is 2.16. The highest BCUT2D eigenvalue weighted by atomic mass is 79.9.